The highest BCUT2D eigenvalue weighted by atomic mass is 16.7. The first kappa shape index (κ1) is 10.2. The van der Waals surface area contributed by atoms with Crippen LogP contribution in [-0.4, -0.2) is 26.3 Å². The molecule has 0 heterocycles. The van der Waals surface area contributed by atoms with E-state index in [2.05, 4.69) is 0 Å². The molecular formula is C10H14O3. The summed E-state index contributed by atoms with van der Waals surface area (Å²) in [7, 11) is 3.15. The smallest absolute Gasteiger partial charge is 0.194 e. The van der Waals surface area contributed by atoms with Crippen molar-refractivity contribution >= 4 is 6.29 Å². The third kappa shape index (κ3) is 1.87. The number of rotatable bonds is 4. The van der Waals surface area contributed by atoms with Gasteiger partial charge in [-0.1, -0.05) is 18.2 Å². The third-order valence-corrected chi connectivity index (χ3v) is 2.29. The zero-order valence-electron chi connectivity index (χ0n) is 7.90. The van der Waals surface area contributed by atoms with E-state index < -0.39 is 5.79 Å². The summed E-state index contributed by atoms with van der Waals surface area (Å²) in [4.78, 5) is 10.4. The molecule has 3 heteroatoms. The van der Waals surface area contributed by atoms with E-state index >= 15 is 0 Å². The third-order valence-electron chi connectivity index (χ3n) is 2.29. The van der Waals surface area contributed by atoms with Crippen molar-refractivity contribution in [3.63, 3.8) is 0 Å². The largest absolute Gasteiger partial charge is 0.349 e. The van der Waals surface area contributed by atoms with E-state index in [0.29, 0.717) is 6.42 Å². The van der Waals surface area contributed by atoms with Gasteiger partial charge in [-0.3, -0.25) is 0 Å². The number of allylic oxidation sites excluding steroid dienone is 2. The summed E-state index contributed by atoms with van der Waals surface area (Å²) in [6.07, 6.45) is 8.77. The Labute approximate surface area is 78.0 Å². The summed E-state index contributed by atoms with van der Waals surface area (Å²) in [5.74, 6) is -0.805. The molecule has 0 aliphatic heterocycles. The Hall–Kier alpha value is -0.930. The fourth-order valence-corrected chi connectivity index (χ4v) is 1.51. The van der Waals surface area contributed by atoms with Crippen LogP contribution in [0.5, 0.6) is 0 Å². The second-order valence-corrected chi connectivity index (χ2v) is 2.88. The van der Waals surface area contributed by atoms with Gasteiger partial charge in [0, 0.05) is 26.6 Å². The Bertz CT molecular complexity index is 226. The van der Waals surface area contributed by atoms with E-state index in [-0.39, 0.29) is 5.92 Å². The van der Waals surface area contributed by atoms with E-state index in [1.807, 2.05) is 24.3 Å². The van der Waals surface area contributed by atoms with Crippen LogP contribution in [0.2, 0.25) is 0 Å². The summed E-state index contributed by atoms with van der Waals surface area (Å²) < 4.78 is 10.5. The second kappa shape index (κ2) is 4.35. The van der Waals surface area contributed by atoms with E-state index in [9.17, 15) is 4.79 Å². The lowest BCUT2D eigenvalue weighted by Gasteiger charge is -2.34. The van der Waals surface area contributed by atoms with Gasteiger partial charge in [0.15, 0.2) is 5.79 Å². The van der Waals surface area contributed by atoms with Crippen molar-refractivity contribution in [2.24, 2.45) is 5.92 Å². The molecule has 1 unspecified atom stereocenters. The van der Waals surface area contributed by atoms with Crippen molar-refractivity contribution in [1.29, 1.82) is 0 Å². The topological polar surface area (TPSA) is 35.5 Å². The summed E-state index contributed by atoms with van der Waals surface area (Å²) in [5.41, 5.74) is 0. The minimum atomic E-state index is -0.768. The number of hydrogen-bond donors (Lipinski definition) is 0. The van der Waals surface area contributed by atoms with Gasteiger partial charge < -0.3 is 14.3 Å². The Morgan fingerprint density at radius 3 is 2.62 bits per heavy atom. The van der Waals surface area contributed by atoms with Crippen LogP contribution >= 0.6 is 0 Å². The van der Waals surface area contributed by atoms with Gasteiger partial charge in [-0.25, -0.2) is 0 Å². The lowest BCUT2D eigenvalue weighted by Crippen LogP contribution is -2.40. The van der Waals surface area contributed by atoms with Gasteiger partial charge >= 0.3 is 0 Å². The summed E-state index contributed by atoms with van der Waals surface area (Å²) >= 11 is 0. The molecule has 1 rings (SSSR count). The predicted molar refractivity (Wildman–Crippen MR) is 49.2 cm³/mol. The Balaban J connectivity index is 2.84. The monoisotopic (exact) mass is 182 g/mol. The maximum Gasteiger partial charge on any atom is 0.194 e. The van der Waals surface area contributed by atoms with E-state index in [0.717, 1.165) is 6.29 Å². The van der Waals surface area contributed by atoms with Gasteiger partial charge in [0.25, 0.3) is 0 Å². The minimum absolute atomic E-state index is 0.0370. The van der Waals surface area contributed by atoms with Crippen molar-refractivity contribution in [3.8, 4) is 0 Å². The molecule has 1 aliphatic carbocycles. The molecule has 0 bridgehead atoms. The average Bonchev–Trinajstić information content (AvgIpc) is 2.20. The quantitative estimate of drug-likeness (QED) is 0.485. The molecule has 0 aromatic rings. The van der Waals surface area contributed by atoms with Crippen molar-refractivity contribution in [2.45, 2.75) is 12.2 Å². The Morgan fingerprint density at radius 2 is 2.08 bits per heavy atom. The molecule has 1 atom stereocenters. The van der Waals surface area contributed by atoms with Crippen LogP contribution in [0.25, 0.3) is 0 Å². The predicted octanol–water partition coefficient (Wildman–Crippen LogP) is 1.31. The standard InChI is InChI=1S/C10H14O3/c1-12-10(13-2)7-4-3-5-9(10)6-8-11/h3-5,7-9H,6H2,1-2H3. The van der Waals surface area contributed by atoms with Crippen LogP contribution in [0.1, 0.15) is 6.42 Å². The maximum absolute atomic E-state index is 10.4. The van der Waals surface area contributed by atoms with E-state index in [1.165, 1.54) is 0 Å². The van der Waals surface area contributed by atoms with Crippen molar-refractivity contribution in [2.75, 3.05) is 14.2 Å². The van der Waals surface area contributed by atoms with Crippen LogP contribution in [0.4, 0.5) is 0 Å². The Morgan fingerprint density at radius 1 is 1.38 bits per heavy atom. The molecule has 0 fully saturated rings. The highest BCUT2D eigenvalue weighted by Crippen LogP contribution is 2.30. The number of aldehydes is 1. The molecule has 0 N–H and O–H groups in total. The fourth-order valence-electron chi connectivity index (χ4n) is 1.51. The Kier molecular flexibility index (Phi) is 3.39. The van der Waals surface area contributed by atoms with Gasteiger partial charge in [-0.05, 0) is 6.08 Å². The number of hydrogen-bond acceptors (Lipinski definition) is 3. The van der Waals surface area contributed by atoms with Gasteiger partial charge in [0.1, 0.15) is 6.29 Å². The summed E-state index contributed by atoms with van der Waals surface area (Å²) in [5, 5.41) is 0. The first-order chi connectivity index (χ1) is 6.29. The van der Waals surface area contributed by atoms with Gasteiger partial charge in [0.2, 0.25) is 0 Å². The molecule has 0 saturated carbocycles. The normalized spacial score (nSPS) is 24.6. The second-order valence-electron chi connectivity index (χ2n) is 2.88. The number of carbonyl (C=O) groups is 1. The lowest BCUT2D eigenvalue weighted by atomic mass is 9.91. The van der Waals surface area contributed by atoms with Crippen LogP contribution in [0, 0.1) is 5.92 Å². The highest BCUT2D eigenvalue weighted by molar-refractivity contribution is 5.51. The number of methoxy groups -OCH3 is 2. The molecular weight excluding hydrogens is 168 g/mol. The SMILES string of the molecule is COC1(OC)C=CC=CC1CC=O. The highest BCUT2D eigenvalue weighted by Gasteiger charge is 2.36. The minimum Gasteiger partial charge on any atom is -0.349 e. The average molecular weight is 182 g/mol. The van der Waals surface area contributed by atoms with Crippen molar-refractivity contribution in [3.05, 3.63) is 24.3 Å². The van der Waals surface area contributed by atoms with Crippen LogP contribution < -0.4 is 0 Å². The molecule has 13 heavy (non-hydrogen) atoms. The van der Waals surface area contributed by atoms with Crippen LogP contribution in [0.3, 0.4) is 0 Å². The lowest BCUT2D eigenvalue weighted by molar-refractivity contribution is -0.195. The fraction of sp³-hybridized carbons (Fsp3) is 0.500. The number of ether oxygens (including phenoxy) is 2. The molecule has 0 spiro atoms. The van der Waals surface area contributed by atoms with Crippen LogP contribution in [-0.2, 0) is 14.3 Å². The van der Waals surface area contributed by atoms with Gasteiger partial charge in [0.05, 0.1) is 0 Å². The summed E-state index contributed by atoms with van der Waals surface area (Å²) in [6, 6.07) is 0. The molecule has 0 amide bonds. The van der Waals surface area contributed by atoms with Gasteiger partial charge in [-0.15, -0.1) is 0 Å². The molecule has 0 saturated heterocycles. The summed E-state index contributed by atoms with van der Waals surface area (Å²) in [6.45, 7) is 0. The zero-order valence-corrected chi connectivity index (χ0v) is 7.90. The molecule has 1 aliphatic rings. The van der Waals surface area contributed by atoms with E-state index in [1.54, 1.807) is 14.2 Å². The van der Waals surface area contributed by atoms with E-state index in [4.69, 9.17) is 9.47 Å². The van der Waals surface area contributed by atoms with Crippen molar-refractivity contribution < 1.29 is 14.3 Å². The first-order valence-corrected chi connectivity index (χ1v) is 4.19. The molecule has 0 aromatic carbocycles. The molecule has 0 aromatic heterocycles. The van der Waals surface area contributed by atoms with Crippen LogP contribution in [0.15, 0.2) is 24.3 Å². The molecule has 0 radical (unpaired) electrons. The number of carbonyl (C=O) groups excluding carboxylic acids is 1. The molecule has 72 valence electrons. The van der Waals surface area contributed by atoms with Crippen molar-refractivity contribution in [1.82, 2.24) is 0 Å². The zero-order chi connectivity index (χ0) is 9.73. The molecule has 3 nitrogen and oxygen atoms in total. The maximum atomic E-state index is 10.4. The van der Waals surface area contributed by atoms with Gasteiger partial charge in [-0.2, -0.15) is 0 Å². The first-order valence-electron chi connectivity index (χ1n) is 4.19.